The minimum Gasteiger partial charge on any atom is -0.315 e. The van der Waals surface area contributed by atoms with E-state index in [1.807, 2.05) is 0 Å². The van der Waals surface area contributed by atoms with E-state index >= 15 is 0 Å². The highest BCUT2D eigenvalue weighted by atomic mass is 35.5. The van der Waals surface area contributed by atoms with Gasteiger partial charge in [-0.2, -0.15) is 13.2 Å². The second kappa shape index (κ2) is 6.95. The number of rotatable bonds is 3. The van der Waals surface area contributed by atoms with Gasteiger partial charge < -0.3 is 5.32 Å². The summed E-state index contributed by atoms with van der Waals surface area (Å²) in [4.78, 5) is -0.363. The average Bonchev–Trinajstić information content (AvgIpc) is 2.38. The summed E-state index contributed by atoms with van der Waals surface area (Å²) in [6, 6.07) is 3.47. The number of sulfonamides is 1. The molecule has 0 spiro atoms. The van der Waals surface area contributed by atoms with Crippen molar-refractivity contribution in [2.75, 3.05) is 13.1 Å². The zero-order valence-electron chi connectivity index (χ0n) is 11.0. The fraction of sp³-hybridized carbons (Fsp3) is 0.500. The van der Waals surface area contributed by atoms with Gasteiger partial charge in [0.15, 0.2) is 0 Å². The molecule has 0 aliphatic carbocycles. The van der Waals surface area contributed by atoms with E-state index in [0.717, 1.165) is 31.2 Å². The van der Waals surface area contributed by atoms with Crippen LogP contribution in [0.3, 0.4) is 0 Å². The lowest BCUT2D eigenvalue weighted by molar-refractivity contribution is -0.137. The van der Waals surface area contributed by atoms with E-state index in [9.17, 15) is 21.6 Å². The van der Waals surface area contributed by atoms with Crippen LogP contribution in [0.2, 0.25) is 0 Å². The number of piperidine rings is 1. The first-order valence-corrected chi connectivity index (χ1v) is 7.68. The molecule has 0 aromatic heterocycles. The summed E-state index contributed by atoms with van der Waals surface area (Å²) in [5.41, 5.74) is -0.970. The largest absolute Gasteiger partial charge is 0.416 e. The highest BCUT2D eigenvalue weighted by Gasteiger charge is 2.32. The van der Waals surface area contributed by atoms with Crippen LogP contribution in [0, 0.1) is 0 Å². The van der Waals surface area contributed by atoms with Crippen molar-refractivity contribution in [3.05, 3.63) is 29.8 Å². The lowest BCUT2D eigenvalue weighted by Crippen LogP contribution is -2.45. The van der Waals surface area contributed by atoms with Crippen LogP contribution in [0.4, 0.5) is 13.2 Å². The molecule has 1 atom stereocenters. The lowest BCUT2D eigenvalue weighted by Gasteiger charge is -2.23. The third-order valence-electron chi connectivity index (χ3n) is 3.09. The van der Waals surface area contributed by atoms with Gasteiger partial charge >= 0.3 is 6.18 Å². The Hall–Kier alpha value is -0.830. The van der Waals surface area contributed by atoms with Crippen molar-refractivity contribution in [2.45, 2.75) is 30.0 Å². The van der Waals surface area contributed by atoms with Gasteiger partial charge in [0.1, 0.15) is 0 Å². The van der Waals surface area contributed by atoms with Crippen LogP contribution in [0.15, 0.2) is 29.2 Å². The maximum atomic E-state index is 12.6. The summed E-state index contributed by atoms with van der Waals surface area (Å²) in [6.45, 7) is 1.31. The molecule has 0 radical (unpaired) electrons. The van der Waals surface area contributed by atoms with Crippen LogP contribution in [-0.2, 0) is 16.2 Å². The Bertz CT molecular complexity index is 572. The smallest absolute Gasteiger partial charge is 0.315 e. The summed E-state index contributed by atoms with van der Waals surface area (Å²) in [6.07, 6.45) is -3.06. The van der Waals surface area contributed by atoms with Gasteiger partial charge in [0.25, 0.3) is 0 Å². The highest BCUT2D eigenvalue weighted by Crippen LogP contribution is 2.30. The number of halogens is 4. The van der Waals surface area contributed by atoms with E-state index in [0.29, 0.717) is 19.0 Å². The topological polar surface area (TPSA) is 58.2 Å². The van der Waals surface area contributed by atoms with Gasteiger partial charge in [-0.05, 0) is 37.6 Å². The van der Waals surface area contributed by atoms with Crippen molar-refractivity contribution in [1.82, 2.24) is 10.0 Å². The number of alkyl halides is 3. The molecule has 4 nitrogen and oxygen atoms in total. The number of hydrogen-bond donors (Lipinski definition) is 2. The van der Waals surface area contributed by atoms with E-state index in [4.69, 9.17) is 0 Å². The summed E-state index contributed by atoms with van der Waals surface area (Å²) in [5, 5.41) is 3.04. The number of nitrogens with one attached hydrogen (secondary N) is 2. The molecule has 1 aliphatic heterocycles. The van der Waals surface area contributed by atoms with Gasteiger partial charge in [-0.25, -0.2) is 13.1 Å². The second-order valence-electron chi connectivity index (χ2n) is 4.69. The van der Waals surface area contributed by atoms with Crippen molar-refractivity contribution < 1.29 is 21.6 Å². The van der Waals surface area contributed by atoms with E-state index in [-0.39, 0.29) is 23.3 Å². The maximum Gasteiger partial charge on any atom is 0.416 e. The third-order valence-corrected chi connectivity index (χ3v) is 4.61. The SMILES string of the molecule is Cl.O=S(=O)(NC1CCCNC1)c1cccc(C(F)(F)F)c1. The standard InChI is InChI=1S/C12H15F3N2O2S.ClH/c13-12(14,15)9-3-1-5-11(7-9)20(18,19)17-10-4-2-6-16-8-10;/h1,3,5,7,10,16-17H,2,4,6,8H2;1H. The molecule has 120 valence electrons. The fourth-order valence-electron chi connectivity index (χ4n) is 2.08. The molecule has 1 unspecified atom stereocenters. The summed E-state index contributed by atoms with van der Waals surface area (Å²) >= 11 is 0. The first kappa shape index (κ1) is 18.2. The van der Waals surface area contributed by atoms with Gasteiger partial charge in [0, 0.05) is 12.6 Å². The summed E-state index contributed by atoms with van der Waals surface area (Å²) < 4.78 is 64.3. The van der Waals surface area contributed by atoms with Gasteiger partial charge in [-0.3, -0.25) is 0 Å². The first-order chi connectivity index (χ1) is 9.29. The van der Waals surface area contributed by atoms with Crippen LogP contribution in [0.5, 0.6) is 0 Å². The molecule has 1 fully saturated rings. The maximum absolute atomic E-state index is 12.6. The molecule has 2 N–H and O–H groups in total. The van der Waals surface area contributed by atoms with Crippen molar-refractivity contribution in [3.8, 4) is 0 Å². The minimum atomic E-state index is -4.56. The zero-order chi connectivity index (χ0) is 14.8. The van der Waals surface area contributed by atoms with Gasteiger partial charge in [-0.1, -0.05) is 6.07 Å². The quantitative estimate of drug-likeness (QED) is 0.883. The molecule has 1 aromatic rings. The van der Waals surface area contributed by atoms with Crippen molar-refractivity contribution in [1.29, 1.82) is 0 Å². The van der Waals surface area contributed by atoms with Gasteiger partial charge in [0.05, 0.1) is 10.5 Å². The van der Waals surface area contributed by atoms with E-state index in [2.05, 4.69) is 10.0 Å². The van der Waals surface area contributed by atoms with Crippen LogP contribution in [0.1, 0.15) is 18.4 Å². The summed E-state index contributed by atoms with van der Waals surface area (Å²) in [5.74, 6) is 0. The monoisotopic (exact) mass is 344 g/mol. The molecule has 0 saturated carbocycles. The summed E-state index contributed by atoms with van der Waals surface area (Å²) in [7, 11) is -3.93. The highest BCUT2D eigenvalue weighted by molar-refractivity contribution is 7.89. The van der Waals surface area contributed by atoms with Crippen LogP contribution in [0.25, 0.3) is 0 Å². The molecule has 1 aliphatic rings. The van der Waals surface area contributed by atoms with Crippen molar-refractivity contribution in [3.63, 3.8) is 0 Å². The predicted molar refractivity (Wildman–Crippen MR) is 74.9 cm³/mol. The Morgan fingerprint density at radius 1 is 1.29 bits per heavy atom. The molecule has 1 saturated heterocycles. The van der Waals surface area contributed by atoms with Gasteiger partial charge in [0.2, 0.25) is 10.0 Å². The molecule has 1 heterocycles. The molecule has 21 heavy (non-hydrogen) atoms. The first-order valence-electron chi connectivity index (χ1n) is 6.19. The molecule has 0 amide bonds. The third kappa shape index (κ3) is 4.84. The van der Waals surface area contributed by atoms with Crippen molar-refractivity contribution >= 4 is 22.4 Å². The van der Waals surface area contributed by atoms with Crippen LogP contribution in [-0.4, -0.2) is 27.5 Å². The van der Waals surface area contributed by atoms with Gasteiger partial charge in [-0.15, -0.1) is 12.4 Å². The normalized spacial score (nSPS) is 19.9. The molecule has 0 bridgehead atoms. The fourth-order valence-corrected chi connectivity index (χ4v) is 3.40. The average molecular weight is 345 g/mol. The number of benzene rings is 1. The molecule has 9 heteroatoms. The van der Waals surface area contributed by atoms with Crippen molar-refractivity contribution in [2.24, 2.45) is 0 Å². The Morgan fingerprint density at radius 2 is 2.00 bits per heavy atom. The Morgan fingerprint density at radius 3 is 2.57 bits per heavy atom. The van der Waals surface area contributed by atoms with Crippen LogP contribution >= 0.6 is 12.4 Å². The lowest BCUT2D eigenvalue weighted by atomic mass is 10.1. The molecule has 2 rings (SSSR count). The second-order valence-corrected chi connectivity index (χ2v) is 6.40. The number of hydrogen-bond acceptors (Lipinski definition) is 3. The molecular formula is C12H16ClF3N2O2S. The zero-order valence-corrected chi connectivity index (χ0v) is 12.6. The van der Waals surface area contributed by atoms with E-state index < -0.39 is 21.8 Å². The molecule has 1 aromatic carbocycles. The Balaban J connectivity index is 0.00000220. The predicted octanol–water partition coefficient (Wildman–Crippen LogP) is 2.16. The molecular weight excluding hydrogens is 329 g/mol. The minimum absolute atomic E-state index is 0. The van der Waals surface area contributed by atoms with E-state index in [1.165, 1.54) is 0 Å². The van der Waals surface area contributed by atoms with Crippen LogP contribution < -0.4 is 10.0 Å². The Labute approximate surface area is 127 Å². The Kier molecular flexibility index (Phi) is 6.03. The van der Waals surface area contributed by atoms with E-state index in [1.54, 1.807) is 0 Å².